The standard InChI is InChI=1S/C26H30N4O/c1-20-7-5-11-23(17-20)24-18-25(29-19-28-24)30-15-12-22(13-16-30)26(31)27-14-6-10-21-8-3-2-4-9-21/h2-5,7-9,11,17-19,22H,6,10,12-16H2,1H3,(H,27,31). The van der Waals surface area contributed by atoms with E-state index in [9.17, 15) is 4.79 Å². The van der Waals surface area contributed by atoms with Gasteiger partial charge in [0, 0.05) is 37.2 Å². The van der Waals surface area contributed by atoms with Gasteiger partial charge in [-0.25, -0.2) is 9.97 Å². The third kappa shape index (κ3) is 5.69. The van der Waals surface area contributed by atoms with Gasteiger partial charge in [0.2, 0.25) is 5.91 Å². The van der Waals surface area contributed by atoms with Crippen LogP contribution in [0.3, 0.4) is 0 Å². The van der Waals surface area contributed by atoms with Crippen molar-refractivity contribution in [3.05, 3.63) is 78.1 Å². The second-order valence-electron chi connectivity index (χ2n) is 8.27. The zero-order valence-electron chi connectivity index (χ0n) is 18.1. The first-order valence-electron chi connectivity index (χ1n) is 11.1. The molecule has 0 bridgehead atoms. The minimum absolute atomic E-state index is 0.0889. The van der Waals surface area contributed by atoms with E-state index in [0.29, 0.717) is 0 Å². The van der Waals surface area contributed by atoms with Crippen LogP contribution < -0.4 is 10.2 Å². The molecule has 1 saturated heterocycles. The molecule has 5 nitrogen and oxygen atoms in total. The topological polar surface area (TPSA) is 58.1 Å². The molecule has 0 saturated carbocycles. The number of piperidine rings is 1. The molecule has 5 heteroatoms. The maximum atomic E-state index is 12.6. The van der Waals surface area contributed by atoms with Gasteiger partial charge in [-0.3, -0.25) is 4.79 Å². The van der Waals surface area contributed by atoms with E-state index in [1.165, 1.54) is 11.1 Å². The fraction of sp³-hybridized carbons (Fsp3) is 0.346. The van der Waals surface area contributed by atoms with E-state index in [0.717, 1.165) is 62.4 Å². The second kappa shape index (κ2) is 10.2. The summed E-state index contributed by atoms with van der Waals surface area (Å²) in [7, 11) is 0. The monoisotopic (exact) mass is 414 g/mol. The minimum atomic E-state index is 0.0889. The lowest BCUT2D eigenvalue weighted by Gasteiger charge is -2.32. The van der Waals surface area contributed by atoms with Crippen molar-refractivity contribution < 1.29 is 4.79 Å². The van der Waals surface area contributed by atoms with Crippen LogP contribution in [0.25, 0.3) is 11.3 Å². The molecule has 0 spiro atoms. The highest BCUT2D eigenvalue weighted by Crippen LogP contribution is 2.25. The predicted octanol–water partition coefficient (Wildman–Crippen LogP) is 4.42. The normalized spacial score (nSPS) is 14.4. The van der Waals surface area contributed by atoms with E-state index in [1.54, 1.807) is 6.33 Å². The molecule has 2 aromatic carbocycles. The van der Waals surface area contributed by atoms with E-state index < -0.39 is 0 Å². The average Bonchev–Trinajstić information content (AvgIpc) is 2.82. The molecule has 3 aromatic rings. The van der Waals surface area contributed by atoms with Crippen LogP contribution in [0.15, 0.2) is 67.0 Å². The van der Waals surface area contributed by atoms with Crippen LogP contribution in [0, 0.1) is 12.8 Å². The van der Waals surface area contributed by atoms with Gasteiger partial charge in [0.05, 0.1) is 5.69 Å². The van der Waals surface area contributed by atoms with Crippen molar-refractivity contribution in [2.45, 2.75) is 32.6 Å². The van der Waals surface area contributed by atoms with Crippen molar-refractivity contribution in [3.63, 3.8) is 0 Å². The fourth-order valence-electron chi connectivity index (χ4n) is 4.15. The van der Waals surface area contributed by atoms with Crippen LogP contribution in [0.1, 0.15) is 30.4 Å². The number of hydrogen-bond donors (Lipinski definition) is 1. The van der Waals surface area contributed by atoms with Crippen LogP contribution in [0.5, 0.6) is 0 Å². The highest BCUT2D eigenvalue weighted by atomic mass is 16.1. The van der Waals surface area contributed by atoms with Gasteiger partial charge in [0.15, 0.2) is 0 Å². The highest BCUT2D eigenvalue weighted by molar-refractivity contribution is 5.79. The Balaban J connectivity index is 1.26. The number of aryl methyl sites for hydroxylation is 2. The number of carbonyl (C=O) groups excluding carboxylic acids is 1. The van der Waals surface area contributed by atoms with Crippen LogP contribution in [0.2, 0.25) is 0 Å². The summed E-state index contributed by atoms with van der Waals surface area (Å²) in [5, 5.41) is 3.13. The maximum absolute atomic E-state index is 12.6. The molecule has 1 fully saturated rings. The van der Waals surface area contributed by atoms with Crippen molar-refractivity contribution in [2.24, 2.45) is 5.92 Å². The molecule has 0 unspecified atom stereocenters. The lowest BCUT2D eigenvalue weighted by atomic mass is 9.95. The van der Waals surface area contributed by atoms with Gasteiger partial charge in [-0.15, -0.1) is 0 Å². The SMILES string of the molecule is Cc1cccc(-c2cc(N3CCC(C(=O)NCCCc4ccccc4)CC3)ncn2)c1. The smallest absolute Gasteiger partial charge is 0.223 e. The first kappa shape index (κ1) is 21.0. The molecule has 0 aliphatic carbocycles. The molecule has 1 amide bonds. The quantitative estimate of drug-likeness (QED) is 0.582. The van der Waals surface area contributed by atoms with Crippen molar-refractivity contribution >= 4 is 11.7 Å². The van der Waals surface area contributed by atoms with Gasteiger partial charge >= 0.3 is 0 Å². The summed E-state index contributed by atoms with van der Waals surface area (Å²) in [6.45, 7) is 4.50. The molecule has 1 N–H and O–H groups in total. The first-order chi connectivity index (χ1) is 15.2. The van der Waals surface area contributed by atoms with Crippen molar-refractivity contribution in [3.8, 4) is 11.3 Å². The third-order valence-corrected chi connectivity index (χ3v) is 5.94. The summed E-state index contributed by atoms with van der Waals surface area (Å²) in [5.74, 6) is 1.22. The molecule has 0 atom stereocenters. The summed E-state index contributed by atoms with van der Waals surface area (Å²) in [6.07, 6.45) is 5.31. The molecule has 1 aliphatic rings. The highest BCUT2D eigenvalue weighted by Gasteiger charge is 2.25. The lowest BCUT2D eigenvalue weighted by molar-refractivity contribution is -0.125. The molecule has 1 aromatic heterocycles. The van der Waals surface area contributed by atoms with E-state index >= 15 is 0 Å². The molecule has 0 radical (unpaired) electrons. The fourth-order valence-corrected chi connectivity index (χ4v) is 4.15. The van der Waals surface area contributed by atoms with Gasteiger partial charge in [-0.1, -0.05) is 54.1 Å². The molecule has 160 valence electrons. The number of anilines is 1. The number of aromatic nitrogens is 2. The van der Waals surface area contributed by atoms with Crippen molar-refractivity contribution in [2.75, 3.05) is 24.5 Å². The summed E-state index contributed by atoms with van der Waals surface area (Å²) >= 11 is 0. The van der Waals surface area contributed by atoms with E-state index in [-0.39, 0.29) is 11.8 Å². The molecular formula is C26H30N4O. The first-order valence-corrected chi connectivity index (χ1v) is 11.1. The Bertz CT molecular complexity index is 997. The molecular weight excluding hydrogens is 384 g/mol. The van der Waals surface area contributed by atoms with Crippen LogP contribution in [0.4, 0.5) is 5.82 Å². The Hall–Kier alpha value is -3.21. The van der Waals surface area contributed by atoms with Crippen LogP contribution in [-0.2, 0) is 11.2 Å². The van der Waals surface area contributed by atoms with Gasteiger partial charge in [-0.05, 0) is 44.2 Å². The largest absolute Gasteiger partial charge is 0.356 e. The zero-order chi connectivity index (χ0) is 21.5. The van der Waals surface area contributed by atoms with E-state index in [4.69, 9.17) is 0 Å². The van der Waals surface area contributed by atoms with Gasteiger partial charge in [0.25, 0.3) is 0 Å². The number of carbonyl (C=O) groups is 1. The Morgan fingerprint density at radius 2 is 1.84 bits per heavy atom. The predicted molar refractivity (Wildman–Crippen MR) is 125 cm³/mol. The Morgan fingerprint density at radius 1 is 1.03 bits per heavy atom. The average molecular weight is 415 g/mol. The van der Waals surface area contributed by atoms with E-state index in [1.807, 2.05) is 6.07 Å². The number of benzene rings is 2. The summed E-state index contributed by atoms with van der Waals surface area (Å²) in [4.78, 5) is 23.8. The molecule has 31 heavy (non-hydrogen) atoms. The molecule has 1 aliphatic heterocycles. The van der Waals surface area contributed by atoms with Gasteiger partial charge < -0.3 is 10.2 Å². The molecule has 2 heterocycles. The number of hydrogen-bond acceptors (Lipinski definition) is 4. The van der Waals surface area contributed by atoms with Crippen LogP contribution >= 0.6 is 0 Å². The second-order valence-corrected chi connectivity index (χ2v) is 8.27. The number of nitrogens with zero attached hydrogens (tertiary/aromatic N) is 3. The summed E-state index contributed by atoms with van der Waals surface area (Å²) in [5.41, 5.74) is 4.58. The van der Waals surface area contributed by atoms with Gasteiger partial charge in [-0.2, -0.15) is 0 Å². The number of amides is 1. The molecule has 4 rings (SSSR count). The Labute approximate surface area is 184 Å². The third-order valence-electron chi connectivity index (χ3n) is 5.94. The summed E-state index contributed by atoms with van der Waals surface area (Å²) < 4.78 is 0. The van der Waals surface area contributed by atoms with Gasteiger partial charge in [0.1, 0.15) is 12.1 Å². The van der Waals surface area contributed by atoms with E-state index in [2.05, 4.69) is 81.7 Å². The minimum Gasteiger partial charge on any atom is -0.356 e. The maximum Gasteiger partial charge on any atom is 0.223 e. The summed E-state index contributed by atoms with van der Waals surface area (Å²) in [6, 6.07) is 20.8. The van der Waals surface area contributed by atoms with Crippen molar-refractivity contribution in [1.82, 2.24) is 15.3 Å². The number of rotatable bonds is 7. The lowest BCUT2D eigenvalue weighted by Crippen LogP contribution is -2.41. The van der Waals surface area contributed by atoms with Crippen molar-refractivity contribution in [1.29, 1.82) is 0 Å². The Kier molecular flexibility index (Phi) is 6.92. The zero-order valence-corrected chi connectivity index (χ0v) is 18.1. The number of nitrogens with one attached hydrogen (secondary N) is 1. The van der Waals surface area contributed by atoms with Crippen LogP contribution in [-0.4, -0.2) is 35.5 Å². The Morgan fingerprint density at radius 3 is 2.61 bits per heavy atom.